The summed E-state index contributed by atoms with van der Waals surface area (Å²) in [6.07, 6.45) is -4.72. The van der Waals surface area contributed by atoms with Crippen molar-refractivity contribution >= 4 is 56.8 Å². The first-order valence-electron chi connectivity index (χ1n) is 10.4. The first-order chi connectivity index (χ1) is 16.9. The van der Waals surface area contributed by atoms with Crippen molar-refractivity contribution in [1.29, 1.82) is 0 Å². The monoisotopic (exact) mass is 589 g/mol. The molecule has 0 radical (unpaired) electrons. The molecule has 0 bridgehead atoms. The van der Waals surface area contributed by atoms with E-state index in [9.17, 15) is 27.6 Å². The maximum Gasteiger partial charge on any atom is 0.417 e. The Bertz CT molecular complexity index is 1210. The van der Waals surface area contributed by atoms with Crippen LogP contribution in [0, 0.1) is 5.41 Å². The Morgan fingerprint density at radius 1 is 1.17 bits per heavy atom. The van der Waals surface area contributed by atoms with Gasteiger partial charge in [-0.15, -0.1) is 0 Å². The molecule has 1 amide bonds. The molecule has 0 aromatic heterocycles. The van der Waals surface area contributed by atoms with Gasteiger partial charge in [-0.05, 0) is 43.3 Å². The molecule has 0 spiro atoms. The average molecular weight is 591 g/mol. The normalized spacial score (nSPS) is 17.4. The number of carbonyl (C=O) groups is 3. The lowest BCUT2D eigenvalue weighted by atomic mass is 9.80. The van der Waals surface area contributed by atoms with Crippen molar-refractivity contribution in [3.8, 4) is 0 Å². The van der Waals surface area contributed by atoms with E-state index in [0.717, 1.165) is 34.8 Å². The summed E-state index contributed by atoms with van der Waals surface area (Å²) in [6.45, 7) is 0.599. The highest BCUT2D eigenvalue weighted by Gasteiger charge is 2.58. The minimum Gasteiger partial charge on any atom is -0.468 e. The molecule has 0 saturated carbocycles. The van der Waals surface area contributed by atoms with E-state index in [1.54, 1.807) is 24.3 Å². The van der Waals surface area contributed by atoms with Gasteiger partial charge in [0.2, 0.25) is 11.3 Å². The van der Waals surface area contributed by atoms with Gasteiger partial charge in [0.15, 0.2) is 0 Å². The van der Waals surface area contributed by atoms with Crippen LogP contribution in [-0.2, 0) is 30.0 Å². The van der Waals surface area contributed by atoms with Crippen LogP contribution < -0.4 is 5.32 Å². The number of hydrogen-bond acceptors (Lipinski definition) is 7. The van der Waals surface area contributed by atoms with Gasteiger partial charge in [0.1, 0.15) is 6.54 Å². The van der Waals surface area contributed by atoms with Crippen molar-refractivity contribution < 1.29 is 37.0 Å². The molecule has 3 rings (SSSR count). The quantitative estimate of drug-likeness (QED) is 0.377. The lowest BCUT2D eigenvalue weighted by Crippen LogP contribution is -2.50. The van der Waals surface area contributed by atoms with Crippen LogP contribution in [0.1, 0.15) is 18.1 Å². The van der Waals surface area contributed by atoms with E-state index in [0.29, 0.717) is 5.69 Å². The van der Waals surface area contributed by atoms with E-state index in [2.05, 4.69) is 26.3 Å². The van der Waals surface area contributed by atoms with E-state index in [1.807, 2.05) is 0 Å². The van der Waals surface area contributed by atoms with Crippen molar-refractivity contribution in [3.63, 3.8) is 0 Å². The van der Waals surface area contributed by atoms with Crippen LogP contribution >= 0.6 is 27.5 Å². The Labute approximate surface area is 217 Å². The summed E-state index contributed by atoms with van der Waals surface area (Å²) in [4.78, 5) is 38.7. The number of alkyl halides is 3. The van der Waals surface area contributed by atoms with Gasteiger partial charge in [0, 0.05) is 15.7 Å². The fraction of sp³-hybridized carbons (Fsp3) is 0.304. The predicted octanol–water partition coefficient (Wildman–Crippen LogP) is 4.50. The van der Waals surface area contributed by atoms with Gasteiger partial charge in [0.25, 0.3) is 0 Å². The highest BCUT2D eigenvalue weighted by atomic mass is 79.9. The summed E-state index contributed by atoms with van der Waals surface area (Å²) in [5, 5.41) is 7.40. The Hall–Kier alpha value is -3.12. The molecule has 8 nitrogen and oxygen atoms in total. The van der Waals surface area contributed by atoms with E-state index in [4.69, 9.17) is 21.1 Å². The number of rotatable bonds is 7. The third-order valence-electron chi connectivity index (χ3n) is 5.23. The number of anilines is 1. The summed E-state index contributed by atoms with van der Waals surface area (Å²) in [5.74, 6) is -2.59. The Morgan fingerprint density at radius 3 is 2.39 bits per heavy atom. The van der Waals surface area contributed by atoms with Crippen LogP contribution in [0.5, 0.6) is 0 Å². The topological polar surface area (TPSA) is 97.3 Å². The molecule has 1 aliphatic rings. The van der Waals surface area contributed by atoms with Gasteiger partial charge < -0.3 is 14.8 Å². The summed E-state index contributed by atoms with van der Waals surface area (Å²) < 4.78 is 50.4. The minimum absolute atomic E-state index is 0.0396. The fourth-order valence-corrected chi connectivity index (χ4v) is 4.18. The van der Waals surface area contributed by atoms with Crippen LogP contribution in [0.2, 0.25) is 5.02 Å². The maximum absolute atomic E-state index is 13.2. The lowest BCUT2D eigenvalue weighted by molar-refractivity contribution is -0.165. The molecular weight excluding hydrogens is 571 g/mol. The molecule has 1 heterocycles. The molecule has 2 aromatic carbocycles. The second-order valence-electron chi connectivity index (χ2n) is 7.64. The molecule has 1 N–H and O–H groups in total. The Morgan fingerprint density at radius 2 is 1.83 bits per heavy atom. The van der Waals surface area contributed by atoms with Crippen molar-refractivity contribution in [2.24, 2.45) is 10.5 Å². The highest BCUT2D eigenvalue weighted by molar-refractivity contribution is 9.10. The van der Waals surface area contributed by atoms with Crippen LogP contribution in [0.4, 0.5) is 18.9 Å². The molecule has 192 valence electrons. The molecule has 2 aromatic rings. The van der Waals surface area contributed by atoms with Crippen LogP contribution in [0.25, 0.3) is 0 Å². The van der Waals surface area contributed by atoms with Crippen molar-refractivity contribution in [2.75, 3.05) is 32.1 Å². The van der Waals surface area contributed by atoms with Crippen LogP contribution in [0.3, 0.4) is 0 Å². The third kappa shape index (κ3) is 5.65. The molecule has 0 saturated heterocycles. The number of benzene rings is 2. The van der Waals surface area contributed by atoms with Crippen molar-refractivity contribution in [3.05, 3.63) is 63.1 Å². The molecule has 0 aliphatic carbocycles. The number of esters is 2. The molecular formula is C23H20BrClF3N3O5. The number of hydrazone groups is 1. The number of methoxy groups -OCH3 is 1. The minimum atomic E-state index is -4.72. The molecule has 13 heteroatoms. The molecule has 1 unspecified atom stereocenters. The summed E-state index contributed by atoms with van der Waals surface area (Å²) in [6, 6.07) is 9.46. The summed E-state index contributed by atoms with van der Waals surface area (Å²) in [5.41, 5.74) is -3.06. The van der Waals surface area contributed by atoms with Crippen molar-refractivity contribution in [1.82, 2.24) is 5.01 Å². The van der Waals surface area contributed by atoms with E-state index < -0.39 is 46.6 Å². The average Bonchev–Trinajstić information content (AvgIpc) is 3.19. The first-order valence-corrected chi connectivity index (χ1v) is 11.6. The number of nitrogens with one attached hydrogen (secondary N) is 1. The number of hydrogen-bond donors (Lipinski definition) is 1. The Kier molecular flexibility index (Phi) is 8.29. The number of carbonyl (C=O) groups excluding carboxylic acids is 3. The number of amides is 1. The first kappa shape index (κ1) is 27.5. The van der Waals surface area contributed by atoms with Gasteiger partial charge >= 0.3 is 18.1 Å². The lowest BCUT2D eigenvalue weighted by Gasteiger charge is -2.26. The largest absolute Gasteiger partial charge is 0.468 e. The molecule has 0 fully saturated rings. The smallest absolute Gasteiger partial charge is 0.417 e. The van der Waals surface area contributed by atoms with Gasteiger partial charge in [-0.1, -0.05) is 33.6 Å². The van der Waals surface area contributed by atoms with E-state index in [1.165, 1.54) is 6.92 Å². The standard InChI is InChI=1S/C23H20BrClF3N3O5/c1-3-36-21(34)22(20(33)35-2)12-31(11-18(32)29-15-7-5-14(24)6-8-15)30-19(22)13-4-9-16(17(25)10-13)23(26,27)28/h4-10H,3,11-12H2,1-2H3,(H,29,32). The molecule has 36 heavy (non-hydrogen) atoms. The van der Waals surface area contributed by atoms with Crippen LogP contribution in [0.15, 0.2) is 52.0 Å². The van der Waals surface area contributed by atoms with Gasteiger partial charge in [-0.25, -0.2) is 0 Å². The number of nitrogens with zero attached hydrogens (tertiary/aromatic N) is 2. The number of ether oxygens (including phenoxy) is 2. The zero-order valence-electron chi connectivity index (χ0n) is 19.0. The zero-order valence-corrected chi connectivity index (χ0v) is 21.3. The highest BCUT2D eigenvalue weighted by Crippen LogP contribution is 2.39. The van der Waals surface area contributed by atoms with E-state index >= 15 is 0 Å². The summed E-state index contributed by atoms with van der Waals surface area (Å²) >= 11 is 9.17. The van der Waals surface area contributed by atoms with Gasteiger partial charge in [-0.3, -0.25) is 19.4 Å². The maximum atomic E-state index is 13.2. The Balaban J connectivity index is 2.01. The fourth-order valence-electron chi connectivity index (χ4n) is 3.63. The zero-order chi connectivity index (χ0) is 26.7. The van der Waals surface area contributed by atoms with Crippen molar-refractivity contribution in [2.45, 2.75) is 13.1 Å². The van der Waals surface area contributed by atoms with E-state index in [-0.39, 0.29) is 24.4 Å². The third-order valence-corrected chi connectivity index (χ3v) is 6.07. The molecule has 1 atom stereocenters. The summed E-state index contributed by atoms with van der Waals surface area (Å²) in [7, 11) is 1.05. The second kappa shape index (κ2) is 10.9. The second-order valence-corrected chi connectivity index (χ2v) is 8.96. The molecule has 1 aliphatic heterocycles. The SMILES string of the molecule is CCOC(=O)C1(C(=O)OC)CN(CC(=O)Nc2ccc(Br)cc2)N=C1c1ccc(C(F)(F)F)c(Cl)c1. The van der Waals surface area contributed by atoms with Gasteiger partial charge in [0.05, 0.1) is 36.6 Å². The predicted molar refractivity (Wildman–Crippen MR) is 128 cm³/mol. The number of halogens is 5. The van der Waals surface area contributed by atoms with Crippen LogP contribution in [-0.4, -0.2) is 55.4 Å². The van der Waals surface area contributed by atoms with Gasteiger partial charge in [-0.2, -0.15) is 18.3 Å².